The van der Waals surface area contributed by atoms with Gasteiger partial charge in [0.15, 0.2) is 17.9 Å². The summed E-state index contributed by atoms with van der Waals surface area (Å²) in [7, 11) is 0. The summed E-state index contributed by atoms with van der Waals surface area (Å²) >= 11 is 0. The molecule has 0 N–H and O–H groups in total. The molecule has 0 aromatic rings. The predicted octanol–water partition coefficient (Wildman–Crippen LogP) is 1.03. The van der Waals surface area contributed by atoms with Gasteiger partial charge in [-0.1, -0.05) is 5.92 Å². The van der Waals surface area contributed by atoms with Crippen molar-refractivity contribution in [1.29, 1.82) is 0 Å². The average Bonchev–Trinajstić information content (AvgIpc) is 2.96. The highest BCUT2D eigenvalue weighted by Crippen LogP contribution is 2.41. The van der Waals surface area contributed by atoms with Gasteiger partial charge in [-0.15, -0.1) is 6.42 Å². The SMILES string of the molecule is C#CCO[C@@H]1C2OC(C)(C)OC2O[C@@H]1[C@H]1COC(C)(C)O1. The number of rotatable bonds is 3. The summed E-state index contributed by atoms with van der Waals surface area (Å²) in [6.45, 7) is 8.07. The number of fused-ring (bicyclic) bond motifs is 1. The molecule has 3 fully saturated rings. The van der Waals surface area contributed by atoms with Crippen molar-refractivity contribution < 1.29 is 28.4 Å². The molecular formula is C15H22O6. The van der Waals surface area contributed by atoms with Gasteiger partial charge in [-0.3, -0.25) is 0 Å². The third-order valence-corrected chi connectivity index (χ3v) is 3.78. The van der Waals surface area contributed by atoms with Gasteiger partial charge in [0.2, 0.25) is 0 Å². The minimum atomic E-state index is -0.690. The first-order chi connectivity index (χ1) is 9.81. The Morgan fingerprint density at radius 3 is 2.48 bits per heavy atom. The van der Waals surface area contributed by atoms with Crippen LogP contribution in [0.25, 0.3) is 0 Å². The van der Waals surface area contributed by atoms with Crippen LogP contribution in [0.3, 0.4) is 0 Å². The maximum Gasteiger partial charge on any atom is 0.190 e. The third kappa shape index (κ3) is 2.95. The summed E-state index contributed by atoms with van der Waals surface area (Å²) in [6.07, 6.45) is 3.61. The Morgan fingerprint density at radius 2 is 1.86 bits per heavy atom. The topological polar surface area (TPSA) is 55.4 Å². The molecule has 5 atom stereocenters. The van der Waals surface area contributed by atoms with Crippen LogP contribution in [-0.2, 0) is 28.4 Å². The zero-order valence-corrected chi connectivity index (χ0v) is 12.8. The van der Waals surface area contributed by atoms with Crippen molar-refractivity contribution in [3.8, 4) is 12.3 Å². The quantitative estimate of drug-likeness (QED) is 0.726. The van der Waals surface area contributed by atoms with E-state index in [1.807, 2.05) is 27.7 Å². The molecule has 2 unspecified atom stereocenters. The van der Waals surface area contributed by atoms with E-state index >= 15 is 0 Å². The first-order valence-corrected chi connectivity index (χ1v) is 7.19. The molecule has 3 aliphatic heterocycles. The van der Waals surface area contributed by atoms with E-state index in [2.05, 4.69) is 5.92 Å². The van der Waals surface area contributed by atoms with Crippen LogP contribution >= 0.6 is 0 Å². The normalized spacial score (nSPS) is 43.7. The molecule has 118 valence electrons. The molecule has 0 saturated carbocycles. The summed E-state index contributed by atoms with van der Waals surface area (Å²) in [5.74, 6) is 1.16. The molecule has 3 saturated heterocycles. The first-order valence-electron chi connectivity index (χ1n) is 7.19. The molecule has 0 bridgehead atoms. The predicted molar refractivity (Wildman–Crippen MR) is 72.2 cm³/mol. The van der Waals surface area contributed by atoms with Crippen LogP contribution in [0, 0.1) is 12.3 Å². The maximum atomic E-state index is 5.96. The summed E-state index contributed by atoms with van der Waals surface area (Å²) < 4.78 is 34.8. The summed E-state index contributed by atoms with van der Waals surface area (Å²) in [5, 5.41) is 0. The summed E-state index contributed by atoms with van der Waals surface area (Å²) in [5.41, 5.74) is 0. The molecule has 0 aromatic carbocycles. The molecule has 0 aromatic heterocycles. The fourth-order valence-corrected chi connectivity index (χ4v) is 3.01. The van der Waals surface area contributed by atoms with E-state index in [0.717, 1.165) is 0 Å². The molecule has 6 nitrogen and oxygen atoms in total. The molecule has 6 heteroatoms. The Kier molecular flexibility index (Phi) is 3.77. The Hall–Kier alpha value is -0.680. The van der Waals surface area contributed by atoms with Crippen molar-refractivity contribution >= 4 is 0 Å². The minimum absolute atomic E-state index is 0.189. The van der Waals surface area contributed by atoms with Crippen LogP contribution in [0.2, 0.25) is 0 Å². The molecule has 0 amide bonds. The Labute approximate surface area is 125 Å². The van der Waals surface area contributed by atoms with Gasteiger partial charge in [0.1, 0.15) is 31.0 Å². The molecule has 3 rings (SSSR count). The van der Waals surface area contributed by atoms with Crippen molar-refractivity contribution in [2.45, 2.75) is 70.0 Å². The molecule has 0 spiro atoms. The molecule has 21 heavy (non-hydrogen) atoms. The number of hydrogen-bond donors (Lipinski definition) is 0. The molecule has 0 aliphatic carbocycles. The van der Waals surface area contributed by atoms with Crippen molar-refractivity contribution in [2.75, 3.05) is 13.2 Å². The lowest BCUT2D eigenvalue weighted by Gasteiger charge is -2.28. The van der Waals surface area contributed by atoms with Gasteiger partial charge in [0.05, 0.1) is 6.61 Å². The van der Waals surface area contributed by atoms with E-state index in [4.69, 9.17) is 34.8 Å². The van der Waals surface area contributed by atoms with Crippen LogP contribution in [0.4, 0.5) is 0 Å². The van der Waals surface area contributed by atoms with E-state index in [-0.39, 0.29) is 31.0 Å². The fourth-order valence-electron chi connectivity index (χ4n) is 3.01. The monoisotopic (exact) mass is 298 g/mol. The van der Waals surface area contributed by atoms with Gasteiger partial charge in [-0.25, -0.2) is 0 Å². The largest absolute Gasteiger partial charge is 0.360 e. The van der Waals surface area contributed by atoms with Crippen LogP contribution in [0.5, 0.6) is 0 Å². The molecular weight excluding hydrogens is 276 g/mol. The van der Waals surface area contributed by atoms with Gasteiger partial charge in [0.25, 0.3) is 0 Å². The molecule has 3 aliphatic rings. The molecule has 0 radical (unpaired) electrons. The smallest absolute Gasteiger partial charge is 0.190 e. The van der Waals surface area contributed by atoms with Crippen LogP contribution < -0.4 is 0 Å². The lowest BCUT2D eigenvalue weighted by Crippen LogP contribution is -2.44. The van der Waals surface area contributed by atoms with E-state index in [9.17, 15) is 0 Å². The van der Waals surface area contributed by atoms with Crippen LogP contribution in [0.1, 0.15) is 27.7 Å². The summed E-state index contributed by atoms with van der Waals surface area (Å²) in [4.78, 5) is 0. The lowest BCUT2D eigenvalue weighted by atomic mass is 10.1. The van der Waals surface area contributed by atoms with Crippen molar-refractivity contribution in [1.82, 2.24) is 0 Å². The van der Waals surface area contributed by atoms with Crippen LogP contribution in [0.15, 0.2) is 0 Å². The van der Waals surface area contributed by atoms with Gasteiger partial charge in [-0.2, -0.15) is 0 Å². The van der Waals surface area contributed by atoms with E-state index in [0.29, 0.717) is 6.61 Å². The van der Waals surface area contributed by atoms with Crippen LogP contribution in [-0.4, -0.2) is 55.5 Å². The van der Waals surface area contributed by atoms with Gasteiger partial charge < -0.3 is 28.4 Å². The Bertz CT molecular complexity index is 440. The van der Waals surface area contributed by atoms with Gasteiger partial charge >= 0.3 is 0 Å². The summed E-state index contributed by atoms with van der Waals surface area (Å²) in [6, 6.07) is 0. The average molecular weight is 298 g/mol. The zero-order chi connectivity index (χ0) is 15.3. The van der Waals surface area contributed by atoms with Gasteiger partial charge in [0, 0.05) is 0 Å². The highest BCUT2D eigenvalue weighted by molar-refractivity contribution is 4.99. The second-order valence-electron chi connectivity index (χ2n) is 6.42. The number of hydrogen-bond acceptors (Lipinski definition) is 6. The van der Waals surface area contributed by atoms with Crippen molar-refractivity contribution in [2.24, 2.45) is 0 Å². The zero-order valence-electron chi connectivity index (χ0n) is 12.8. The highest BCUT2D eigenvalue weighted by Gasteiger charge is 2.58. The highest BCUT2D eigenvalue weighted by atomic mass is 16.8. The third-order valence-electron chi connectivity index (χ3n) is 3.78. The standard InChI is InChI=1S/C15H22O6/c1-6-7-16-11-10(9-8-17-14(2,3)19-9)18-13-12(11)20-15(4,5)21-13/h1,9-13H,7-8H2,2-5H3/t9-,10-,11+,12?,13?/m1/s1. The fraction of sp³-hybridized carbons (Fsp3) is 0.867. The first kappa shape index (κ1) is 15.2. The van der Waals surface area contributed by atoms with Gasteiger partial charge in [-0.05, 0) is 27.7 Å². The number of ether oxygens (including phenoxy) is 6. The number of terminal acetylenes is 1. The maximum absolute atomic E-state index is 5.96. The van der Waals surface area contributed by atoms with E-state index < -0.39 is 17.9 Å². The van der Waals surface area contributed by atoms with Crippen molar-refractivity contribution in [3.63, 3.8) is 0 Å². The second kappa shape index (κ2) is 5.20. The van der Waals surface area contributed by atoms with E-state index in [1.54, 1.807) is 0 Å². The Morgan fingerprint density at radius 1 is 1.10 bits per heavy atom. The van der Waals surface area contributed by atoms with E-state index in [1.165, 1.54) is 0 Å². The molecule has 3 heterocycles. The van der Waals surface area contributed by atoms with Crippen molar-refractivity contribution in [3.05, 3.63) is 0 Å². The second-order valence-corrected chi connectivity index (χ2v) is 6.42. The Balaban J connectivity index is 1.74. The lowest BCUT2D eigenvalue weighted by molar-refractivity contribution is -0.235. The minimum Gasteiger partial charge on any atom is -0.360 e.